The van der Waals surface area contributed by atoms with E-state index in [1.54, 1.807) is 0 Å². The van der Waals surface area contributed by atoms with Gasteiger partial charge in [-0.1, -0.05) is 0 Å². The summed E-state index contributed by atoms with van der Waals surface area (Å²) in [6.45, 7) is 1.84. The number of halogens is 1. The first-order valence-electron chi connectivity index (χ1n) is 5.83. The van der Waals surface area contributed by atoms with E-state index in [0.29, 0.717) is 0 Å². The van der Waals surface area contributed by atoms with Crippen molar-refractivity contribution >= 4 is 24.1 Å². The molecule has 2 rings (SSSR count). The van der Waals surface area contributed by atoms with Gasteiger partial charge in [-0.15, -0.1) is 12.4 Å². The molecular weight excluding hydrogens is 268 g/mol. The zero-order chi connectivity index (χ0) is 13.0. The maximum Gasteiger partial charge on any atom is 0.269 e. The van der Waals surface area contributed by atoms with E-state index in [1.807, 2.05) is 0 Å². The Kier molecular flexibility index (Phi) is 5.65. The average Bonchev–Trinajstić information content (AvgIpc) is 2.40. The summed E-state index contributed by atoms with van der Waals surface area (Å²) in [5.41, 5.74) is 11.4. The molecule has 1 saturated heterocycles. The van der Waals surface area contributed by atoms with Crippen LogP contribution in [-0.2, 0) is 0 Å². The van der Waals surface area contributed by atoms with Gasteiger partial charge in [-0.25, -0.2) is 9.97 Å². The van der Waals surface area contributed by atoms with Crippen LogP contribution in [0.1, 0.15) is 29.0 Å². The molecule has 1 aliphatic rings. The topological polar surface area (TPSA) is 119 Å². The van der Waals surface area contributed by atoms with Crippen LogP contribution < -0.4 is 16.8 Å². The van der Waals surface area contributed by atoms with Crippen molar-refractivity contribution < 1.29 is 4.79 Å². The van der Waals surface area contributed by atoms with Crippen molar-refractivity contribution in [2.75, 3.05) is 13.1 Å². The van der Waals surface area contributed by atoms with Gasteiger partial charge in [-0.05, 0) is 25.9 Å². The smallest absolute Gasteiger partial charge is 0.269 e. The fourth-order valence-electron chi connectivity index (χ4n) is 1.90. The van der Waals surface area contributed by atoms with Crippen molar-refractivity contribution in [3.8, 4) is 0 Å². The summed E-state index contributed by atoms with van der Waals surface area (Å²) in [6, 6.07) is 0.161. The molecule has 8 heteroatoms. The number of carbonyl (C=O) groups excluding carboxylic acids is 1. The van der Waals surface area contributed by atoms with Gasteiger partial charge in [0.1, 0.15) is 11.5 Å². The SMILES string of the molecule is Cl.NC(=O)c1nccnc1C(N)=NC1CCNCC1. The van der Waals surface area contributed by atoms with Crippen molar-refractivity contribution in [2.45, 2.75) is 18.9 Å². The molecule has 0 unspecified atom stereocenters. The number of nitrogens with one attached hydrogen (secondary N) is 1. The van der Waals surface area contributed by atoms with Gasteiger partial charge < -0.3 is 16.8 Å². The molecule has 1 fully saturated rings. The minimum Gasteiger partial charge on any atom is -0.382 e. The highest BCUT2D eigenvalue weighted by Crippen LogP contribution is 2.09. The van der Waals surface area contributed by atoms with Crippen molar-refractivity contribution in [1.82, 2.24) is 15.3 Å². The molecule has 0 bridgehead atoms. The van der Waals surface area contributed by atoms with Gasteiger partial charge in [-0.2, -0.15) is 0 Å². The van der Waals surface area contributed by atoms with Gasteiger partial charge >= 0.3 is 0 Å². The minimum absolute atomic E-state index is 0. The second kappa shape index (κ2) is 7.01. The summed E-state index contributed by atoms with van der Waals surface area (Å²) < 4.78 is 0. The first-order chi connectivity index (χ1) is 8.68. The number of amidine groups is 1. The van der Waals surface area contributed by atoms with E-state index in [2.05, 4.69) is 20.3 Å². The zero-order valence-electron chi connectivity index (χ0n) is 10.4. The Morgan fingerprint density at radius 2 is 1.79 bits per heavy atom. The number of hydrogen-bond donors (Lipinski definition) is 3. The monoisotopic (exact) mass is 284 g/mol. The third-order valence-electron chi connectivity index (χ3n) is 2.80. The molecule has 0 spiro atoms. The van der Waals surface area contributed by atoms with Crippen LogP contribution in [0.5, 0.6) is 0 Å². The third-order valence-corrected chi connectivity index (χ3v) is 2.80. The largest absolute Gasteiger partial charge is 0.382 e. The normalized spacial score (nSPS) is 16.7. The van der Waals surface area contributed by atoms with E-state index in [1.165, 1.54) is 12.4 Å². The van der Waals surface area contributed by atoms with E-state index in [-0.39, 0.29) is 35.7 Å². The van der Waals surface area contributed by atoms with Crippen LogP contribution in [0.2, 0.25) is 0 Å². The number of amides is 1. The Bertz CT molecular complexity index is 472. The predicted octanol–water partition coefficient (Wildman–Crippen LogP) is -0.545. The lowest BCUT2D eigenvalue weighted by atomic mass is 10.1. The van der Waals surface area contributed by atoms with Gasteiger partial charge in [0, 0.05) is 12.4 Å². The number of hydrogen-bond acceptors (Lipinski definition) is 5. The van der Waals surface area contributed by atoms with Gasteiger partial charge in [-0.3, -0.25) is 9.79 Å². The molecule has 1 amide bonds. The summed E-state index contributed by atoms with van der Waals surface area (Å²) in [6.07, 6.45) is 4.72. The molecule has 2 heterocycles. The molecule has 1 aromatic rings. The first kappa shape index (κ1) is 15.3. The lowest BCUT2D eigenvalue weighted by Crippen LogP contribution is -2.32. The minimum atomic E-state index is -0.651. The van der Waals surface area contributed by atoms with Crippen LogP contribution in [0.25, 0.3) is 0 Å². The molecule has 0 atom stereocenters. The molecule has 0 radical (unpaired) electrons. The van der Waals surface area contributed by atoms with Crippen LogP contribution in [0, 0.1) is 0 Å². The maximum atomic E-state index is 11.2. The van der Waals surface area contributed by atoms with Gasteiger partial charge in [0.2, 0.25) is 0 Å². The Hall–Kier alpha value is -1.73. The van der Waals surface area contributed by atoms with Gasteiger partial charge in [0.05, 0.1) is 6.04 Å². The highest BCUT2D eigenvalue weighted by atomic mass is 35.5. The van der Waals surface area contributed by atoms with Crippen molar-refractivity contribution in [2.24, 2.45) is 16.5 Å². The molecule has 19 heavy (non-hydrogen) atoms. The number of nitrogens with two attached hydrogens (primary N) is 2. The second-order valence-electron chi connectivity index (χ2n) is 4.11. The zero-order valence-corrected chi connectivity index (χ0v) is 11.2. The maximum absolute atomic E-state index is 11.2. The van der Waals surface area contributed by atoms with E-state index in [9.17, 15) is 4.79 Å². The van der Waals surface area contributed by atoms with Crippen molar-refractivity contribution in [1.29, 1.82) is 0 Å². The average molecular weight is 285 g/mol. The Balaban J connectivity index is 0.00000180. The molecule has 0 saturated carbocycles. The number of rotatable bonds is 3. The lowest BCUT2D eigenvalue weighted by Gasteiger charge is -2.19. The molecule has 0 aliphatic carbocycles. The van der Waals surface area contributed by atoms with Crippen LogP contribution in [-0.4, -0.2) is 40.8 Å². The van der Waals surface area contributed by atoms with E-state index in [0.717, 1.165) is 25.9 Å². The highest BCUT2D eigenvalue weighted by Gasteiger charge is 2.17. The summed E-state index contributed by atoms with van der Waals surface area (Å²) >= 11 is 0. The third kappa shape index (κ3) is 3.87. The van der Waals surface area contributed by atoms with Crippen LogP contribution >= 0.6 is 12.4 Å². The number of carbonyl (C=O) groups is 1. The van der Waals surface area contributed by atoms with E-state index in [4.69, 9.17) is 11.5 Å². The fourth-order valence-corrected chi connectivity index (χ4v) is 1.90. The molecule has 1 aromatic heterocycles. The van der Waals surface area contributed by atoms with Crippen LogP contribution in [0.4, 0.5) is 0 Å². The van der Waals surface area contributed by atoms with E-state index < -0.39 is 5.91 Å². The summed E-state index contributed by atoms with van der Waals surface area (Å²) in [4.78, 5) is 23.5. The Morgan fingerprint density at radius 1 is 1.21 bits per heavy atom. The quantitative estimate of drug-likeness (QED) is 0.508. The van der Waals surface area contributed by atoms with E-state index >= 15 is 0 Å². The molecule has 104 valence electrons. The Labute approximate surface area is 117 Å². The fraction of sp³-hybridized carbons (Fsp3) is 0.455. The molecule has 1 aliphatic heterocycles. The van der Waals surface area contributed by atoms with Crippen molar-refractivity contribution in [3.63, 3.8) is 0 Å². The second-order valence-corrected chi connectivity index (χ2v) is 4.11. The number of aliphatic imine (C=N–C) groups is 1. The molecule has 0 aromatic carbocycles. The lowest BCUT2D eigenvalue weighted by molar-refractivity contribution is 0.0995. The van der Waals surface area contributed by atoms with Crippen LogP contribution in [0.3, 0.4) is 0 Å². The number of primary amides is 1. The summed E-state index contributed by atoms with van der Waals surface area (Å²) in [5, 5.41) is 3.25. The number of nitrogens with zero attached hydrogens (tertiary/aromatic N) is 3. The Morgan fingerprint density at radius 3 is 2.37 bits per heavy atom. The van der Waals surface area contributed by atoms with Gasteiger partial charge in [0.25, 0.3) is 5.91 Å². The summed E-state index contributed by atoms with van der Waals surface area (Å²) in [7, 11) is 0. The van der Waals surface area contributed by atoms with Crippen LogP contribution in [0.15, 0.2) is 17.4 Å². The number of aromatic nitrogens is 2. The number of piperidine rings is 1. The first-order valence-corrected chi connectivity index (χ1v) is 5.83. The van der Waals surface area contributed by atoms with Gasteiger partial charge in [0.15, 0.2) is 5.69 Å². The molecule has 7 nitrogen and oxygen atoms in total. The summed E-state index contributed by atoms with van der Waals surface area (Å²) in [5.74, 6) is -0.426. The molecule has 5 N–H and O–H groups in total. The van der Waals surface area contributed by atoms with Crippen molar-refractivity contribution in [3.05, 3.63) is 23.8 Å². The highest BCUT2D eigenvalue weighted by molar-refractivity contribution is 6.05. The molecular formula is C11H17ClN6O. The standard InChI is InChI=1S/C11H16N6O.ClH/c12-10(17-7-1-3-14-4-2-7)8-9(11(13)18)16-6-5-15-8;/h5-7,14H,1-4H2,(H2,12,17)(H2,13,18);1H. The predicted molar refractivity (Wildman–Crippen MR) is 74.4 cm³/mol.